The van der Waals surface area contributed by atoms with Crippen LogP contribution in [0.1, 0.15) is 12.8 Å². The standard InChI is InChI=1S/C16H19N3O3/c17-11-14(20)8-9-15(21)18-12-4-6-13(7-5-12)19-10-2-1-3-16(19)22/h1-7,10,14,20H,8-9,11,17H2,(H,18,21)/t14-/m1/s1. The lowest BCUT2D eigenvalue weighted by atomic mass is 10.2. The van der Waals surface area contributed by atoms with E-state index in [4.69, 9.17) is 5.73 Å². The molecule has 4 N–H and O–H groups in total. The topological polar surface area (TPSA) is 97.3 Å². The first-order valence-electron chi connectivity index (χ1n) is 7.06. The zero-order chi connectivity index (χ0) is 15.9. The lowest BCUT2D eigenvalue weighted by Gasteiger charge is -2.09. The van der Waals surface area contributed by atoms with Gasteiger partial charge in [-0.2, -0.15) is 0 Å². The number of aromatic nitrogens is 1. The molecule has 1 heterocycles. The monoisotopic (exact) mass is 301 g/mol. The van der Waals surface area contributed by atoms with Crippen LogP contribution in [0.4, 0.5) is 5.69 Å². The van der Waals surface area contributed by atoms with Crippen LogP contribution in [0.5, 0.6) is 0 Å². The summed E-state index contributed by atoms with van der Waals surface area (Å²) in [6.45, 7) is 0.147. The minimum atomic E-state index is -0.655. The third-order valence-corrected chi connectivity index (χ3v) is 3.23. The first-order chi connectivity index (χ1) is 10.6. The second-order valence-electron chi connectivity index (χ2n) is 4.93. The van der Waals surface area contributed by atoms with Gasteiger partial charge in [-0.25, -0.2) is 0 Å². The van der Waals surface area contributed by atoms with E-state index in [1.807, 2.05) is 0 Å². The summed E-state index contributed by atoms with van der Waals surface area (Å²) in [6.07, 6.45) is 1.57. The Morgan fingerprint density at radius 2 is 1.95 bits per heavy atom. The maximum atomic E-state index is 11.7. The smallest absolute Gasteiger partial charge is 0.255 e. The number of rotatable bonds is 6. The van der Waals surface area contributed by atoms with Crippen molar-refractivity contribution in [2.75, 3.05) is 11.9 Å². The second-order valence-corrected chi connectivity index (χ2v) is 4.93. The largest absolute Gasteiger partial charge is 0.392 e. The minimum absolute atomic E-state index is 0.116. The highest BCUT2D eigenvalue weighted by molar-refractivity contribution is 5.90. The number of nitrogens with two attached hydrogens (primary N) is 1. The van der Waals surface area contributed by atoms with Gasteiger partial charge in [0.2, 0.25) is 5.91 Å². The van der Waals surface area contributed by atoms with E-state index in [0.29, 0.717) is 12.1 Å². The Balaban J connectivity index is 1.99. The number of hydrogen-bond donors (Lipinski definition) is 3. The molecule has 0 saturated carbocycles. The number of carbonyl (C=O) groups excluding carboxylic acids is 1. The fraction of sp³-hybridized carbons (Fsp3) is 0.250. The Hall–Kier alpha value is -2.44. The van der Waals surface area contributed by atoms with Gasteiger partial charge in [0.1, 0.15) is 0 Å². The maximum absolute atomic E-state index is 11.7. The molecule has 1 atom stereocenters. The van der Waals surface area contributed by atoms with Crippen LogP contribution in [0.15, 0.2) is 53.5 Å². The molecular weight excluding hydrogens is 282 g/mol. The first kappa shape index (κ1) is 15.9. The summed E-state index contributed by atoms with van der Waals surface area (Å²) in [5.74, 6) is -0.183. The average Bonchev–Trinajstić information content (AvgIpc) is 2.54. The van der Waals surface area contributed by atoms with Crippen molar-refractivity contribution in [2.24, 2.45) is 5.73 Å². The molecule has 0 spiro atoms. The summed E-state index contributed by atoms with van der Waals surface area (Å²) in [5.41, 5.74) is 6.53. The predicted molar refractivity (Wildman–Crippen MR) is 85.0 cm³/mol. The van der Waals surface area contributed by atoms with Crippen molar-refractivity contribution in [3.63, 3.8) is 0 Å². The third-order valence-electron chi connectivity index (χ3n) is 3.23. The molecule has 0 radical (unpaired) electrons. The molecule has 0 aliphatic rings. The van der Waals surface area contributed by atoms with Crippen LogP contribution >= 0.6 is 0 Å². The molecule has 1 aromatic heterocycles. The number of carbonyl (C=O) groups is 1. The zero-order valence-corrected chi connectivity index (χ0v) is 12.1. The normalized spacial score (nSPS) is 11.9. The number of nitrogens with one attached hydrogen (secondary N) is 1. The third kappa shape index (κ3) is 4.28. The molecule has 0 unspecified atom stereocenters. The quantitative estimate of drug-likeness (QED) is 0.737. The first-order valence-corrected chi connectivity index (χ1v) is 7.06. The molecule has 0 fully saturated rings. The number of amides is 1. The SMILES string of the molecule is NC[C@H](O)CCC(=O)Nc1ccc(-n2ccccc2=O)cc1. The summed E-state index contributed by atoms with van der Waals surface area (Å²) in [6, 6.07) is 11.9. The van der Waals surface area contributed by atoms with E-state index in [9.17, 15) is 14.7 Å². The summed E-state index contributed by atoms with van der Waals surface area (Å²) < 4.78 is 1.52. The molecule has 6 heteroatoms. The van der Waals surface area contributed by atoms with Crippen LogP contribution in [0.2, 0.25) is 0 Å². The average molecular weight is 301 g/mol. The number of anilines is 1. The van der Waals surface area contributed by atoms with Gasteiger partial charge in [0.15, 0.2) is 0 Å². The molecule has 6 nitrogen and oxygen atoms in total. The highest BCUT2D eigenvalue weighted by Crippen LogP contribution is 2.12. The Kier molecular flexibility index (Phi) is 5.46. The second kappa shape index (κ2) is 7.53. The van der Waals surface area contributed by atoms with Crippen molar-refractivity contribution >= 4 is 11.6 Å². The summed E-state index contributed by atoms with van der Waals surface area (Å²) >= 11 is 0. The van der Waals surface area contributed by atoms with Gasteiger partial charge in [-0.1, -0.05) is 6.07 Å². The lowest BCUT2D eigenvalue weighted by molar-refractivity contribution is -0.116. The molecule has 1 aromatic carbocycles. The Morgan fingerprint density at radius 3 is 2.59 bits per heavy atom. The van der Waals surface area contributed by atoms with Crippen LogP contribution in [0, 0.1) is 0 Å². The van der Waals surface area contributed by atoms with Gasteiger partial charge in [0, 0.05) is 36.6 Å². The Labute approximate surface area is 128 Å². The fourth-order valence-electron chi connectivity index (χ4n) is 1.99. The molecule has 116 valence electrons. The van der Waals surface area contributed by atoms with Gasteiger partial charge in [-0.3, -0.25) is 14.2 Å². The van der Waals surface area contributed by atoms with Crippen molar-refractivity contribution in [3.8, 4) is 5.69 Å². The van der Waals surface area contributed by atoms with Crippen molar-refractivity contribution in [1.29, 1.82) is 0 Å². The highest BCUT2D eigenvalue weighted by Gasteiger charge is 2.07. The van der Waals surface area contributed by atoms with Crippen LogP contribution < -0.4 is 16.6 Å². The van der Waals surface area contributed by atoms with Gasteiger partial charge in [-0.15, -0.1) is 0 Å². The molecule has 1 amide bonds. The van der Waals surface area contributed by atoms with Crippen molar-refractivity contribution in [1.82, 2.24) is 4.57 Å². The van der Waals surface area contributed by atoms with E-state index in [-0.39, 0.29) is 24.4 Å². The van der Waals surface area contributed by atoms with Gasteiger partial charge in [0.25, 0.3) is 5.56 Å². The van der Waals surface area contributed by atoms with Gasteiger partial charge in [-0.05, 0) is 36.8 Å². The van der Waals surface area contributed by atoms with Gasteiger partial charge < -0.3 is 16.2 Å². The van der Waals surface area contributed by atoms with Crippen LogP contribution in [0.25, 0.3) is 5.69 Å². The molecule has 2 rings (SSSR count). The summed E-state index contributed by atoms with van der Waals surface area (Å²) in [7, 11) is 0. The number of nitrogens with zero attached hydrogens (tertiary/aromatic N) is 1. The molecule has 0 saturated heterocycles. The molecule has 2 aromatic rings. The van der Waals surface area contributed by atoms with E-state index in [1.165, 1.54) is 10.6 Å². The molecule has 0 bridgehead atoms. The summed E-state index contributed by atoms with van der Waals surface area (Å²) in [5, 5.41) is 12.1. The van der Waals surface area contributed by atoms with Crippen LogP contribution in [-0.4, -0.2) is 28.2 Å². The zero-order valence-electron chi connectivity index (χ0n) is 12.1. The fourth-order valence-corrected chi connectivity index (χ4v) is 1.99. The molecule has 22 heavy (non-hydrogen) atoms. The van der Waals surface area contributed by atoms with Gasteiger partial charge >= 0.3 is 0 Å². The number of pyridine rings is 1. The maximum Gasteiger partial charge on any atom is 0.255 e. The van der Waals surface area contributed by atoms with Crippen LogP contribution in [-0.2, 0) is 4.79 Å². The van der Waals surface area contributed by atoms with Crippen LogP contribution in [0.3, 0.4) is 0 Å². The van der Waals surface area contributed by atoms with Crippen molar-refractivity contribution < 1.29 is 9.90 Å². The van der Waals surface area contributed by atoms with E-state index in [0.717, 1.165) is 5.69 Å². The van der Waals surface area contributed by atoms with E-state index in [1.54, 1.807) is 42.6 Å². The number of aliphatic hydroxyl groups is 1. The number of benzene rings is 1. The van der Waals surface area contributed by atoms with Gasteiger partial charge in [0.05, 0.1) is 6.10 Å². The highest BCUT2D eigenvalue weighted by atomic mass is 16.3. The Morgan fingerprint density at radius 1 is 1.23 bits per heavy atom. The number of hydrogen-bond acceptors (Lipinski definition) is 4. The predicted octanol–water partition coefficient (Wildman–Crippen LogP) is 0.876. The Bertz CT molecular complexity index is 680. The minimum Gasteiger partial charge on any atom is -0.392 e. The van der Waals surface area contributed by atoms with E-state index in [2.05, 4.69) is 5.32 Å². The summed E-state index contributed by atoms with van der Waals surface area (Å²) in [4.78, 5) is 23.4. The van der Waals surface area contributed by atoms with Crippen molar-refractivity contribution in [2.45, 2.75) is 18.9 Å². The lowest BCUT2D eigenvalue weighted by Crippen LogP contribution is -2.22. The van der Waals surface area contributed by atoms with E-state index < -0.39 is 6.10 Å². The van der Waals surface area contributed by atoms with E-state index >= 15 is 0 Å². The molecule has 0 aliphatic carbocycles. The molecule has 0 aliphatic heterocycles. The molecular formula is C16H19N3O3. The van der Waals surface area contributed by atoms with Crippen molar-refractivity contribution in [3.05, 3.63) is 59.0 Å². The number of aliphatic hydroxyl groups excluding tert-OH is 1.